The Morgan fingerprint density at radius 1 is 1.47 bits per heavy atom. The van der Waals surface area contributed by atoms with Crippen LogP contribution in [0.1, 0.15) is 37.5 Å². The number of piperidine rings is 1. The zero-order chi connectivity index (χ0) is 11.9. The summed E-state index contributed by atoms with van der Waals surface area (Å²) < 4.78 is 0. The summed E-state index contributed by atoms with van der Waals surface area (Å²) in [4.78, 5) is 4.05. The van der Waals surface area contributed by atoms with Crippen molar-refractivity contribution in [3.63, 3.8) is 0 Å². The molecule has 0 aliphatic carbocycles. The Balaban J connectivity index is 1.71. The summed E-state index contributed by atoms with van der Waals surface area (Å²) in [5, 5.41) is 5.81. The molecule has 96 valence electrons. The van der Waals surface area contributed by atoms with E-state index in [0.29, 0.717) is 0 Å². The molecule has 17 heavy (non-hydrogen) atoms. The molecule has 2 nitrogen and oxygen atoms in total. The molecule has 0 aromatic carbocycles. The van der Waals surface area contributed by atoms with Crippen LogP contribution in [0, 0.1) is 0 Å². The number of rotatable bonds is 6. The van der Waals surface area contributed by atoms with Gasteiger partial charge in [-0.25, -0.2) is 0 Å². The summed E-state index contributed by atoms with van der Waals surface area (Å²) in [5.74, 6) is 0. The fraction of sp³-hybridized carbons (Fsp3) is 0.714. The lowest BCUT2D eigenvalue weighted by molar-refractivity contribution is 0.251. The van der Waals surface area contributed by atoms with Crippen LogP contribution in [-0.2, 0) is 6.54 Å². The Morgan fingerprint density at radius 2 is 2.41 bits per heavy atom. The third-order valence-corrected chi connectivity index (χ3v) is 4.47. The molecule has 1 aromatic heterocycles. The minimum atomic E-state index is 0.765. The molecule has 1 fully saturated rings. The maximum atomic E-state index is 3.63. The van der Waals surface area contributed by atoms with Gasteiger partial charge in [0.25, 0.3) is 0 Å². The maximum absolute atomic E-state index is 3.63. The largest absolute Gasteiger partial charge is 0.314 e. The number of hydrogen-bond donors (Lipinski definition) is 1. The first kappa shape index (κ1) is 13.1. The van der Waals surface area contributed by atoms with Crippen LogP contribution in [0.15, 0.2) is 17.5 Å². The quantitative estimate of drug-likeness (QED) is 0.837. The van der Waals surface area contributed by atoms with Gasteiger partial charge in [0.05, 0.1) is 0 Å². The second-order valence-electron chi connectivity index (χ2n) is 4.88. The highest BCUT2D eigenvalue weighted by atomic mass is 32.1. The smallest absolute Gasteiger partial charge is 0.0327 e. The van der Waals surface area contributed by atoms with Gasteiger partial charge in [0.1, 0.15) is 0 Å². The molecular formula is C14H24N2S. The van der Waals surface area contributed by atoms with Crippen molar-refractivity contribution in [3.05, 3.63) is 22.4 Å². The average molecular weight is 252 g/mol. The van der Waals surface area contributed by atoms with E-state index in [9.17, 15) is 0 Å². The van der Waals surface area contributed by atoms with Crippen LogP contribution in [0.4, 0.5) is 0 Å². The van der Waals surface area contributed by atoms with E-state index in [1.54, 1.807) is 0 Å². The molecule has 0 spiro atoms. The zero-order valence-electron chi connectivity index (χ0n) is 10.8. The van der Waals surface area contributed by atoms with Gasteiger partial charge >= 0.3 is 0 Å². The third-order valence-electron chi connectivity index (χ3n) is 3.61. The van der Waals surface area contributed by atoms with E-state index in [0.717, 1.165) is 19.1 Å². The maximum Gasteiger partial charge on any atom is 0.0327 e. The molecule has 0 radical (unpaired) electrons. The summed E-state index contributed by atoms with van der Waals surface area (Å²) in [5.41, 5.74) is 0. The second kappa shape index (κ2) is 7.14. The molecule has 0 saturated carbocycles. The molecule has 0 bridgehead atoms. The molecule has 1 saturated heterocycles. The van der Waals surface area contributed by atoms with Crippen molar-refractivity contribution in [2.45, 2.75) is 45.2 Å². The van der Waals surface area contributed by atoms with Gasteiger partial charge in [-0.1, -0.05) is 19.4 Å². The van der Waals surface area contributed by atoms with Gasteiger partial charge in [0.2, 0.25) is 0 Å². The molecule has 3 heteroatoms. The molecule has 0 amide bonds. The standard InChI is InChI=1S/C14H24N2S/c1-2-16(12-14-7-5-11-17-14)10-8-13-6-3-4-9-15-13/h5,7,11,13,15H,2-4,6,8-10,12H2,1H3. The van der Waals surface area contributed by atoms with Crippen LogP contribution >= 0.6 is 11.3 Å². The fourth-order valence-corrected chi connectivity index (χ4v) is 3.23. The van der Waals surface area contributed by atoms with Crippen molar-refractivity contribution in [1.82, 2.24) is 10.2 Å². The first-order valence-corrected chi connectivity index (χ1v) is 7.74. The van der Waals surface area contributed by atoms with Crippen LogP contribution in [0.25, 0.3) is 0 Å². The fourth-order valence-electron chi connectivity index (χ4n) is 2.48. The Morgan fingerprint density at radius 3 is 3.06 bits per heavy atom. The second-order valence-corrected chi connectivity index (χ2v) is 5.92. The molecule has 1 N–H and O–H groups in total. The van der Waals surface area contributed by atoms with Gasteiger partial charge < -0.3 is 5.32 Å². The number of nitrogens with zero attached hydrogens (tertiary/aromatic N) is 1. The monoisotopic (exact) mass is 252 g/mol. The predicted octanol–water partition coefficient (Wildman–Crippen LogP) is 3.10. The average Bonchev–Trinajstić information content (AvgIpc) is 2.88. The van der Waals surface area contributed by atoms with Crippen molar-refractivity contribution in [1.29, 1.82) is 0 Å². The normalized spacial score (nSPS) is 20.9. The van der Waals surface area contributed by atoms with Gasteiger partial charge in [-0.05, 0) is 50.3 Å². The Hall–Kier alpha value is -0.380. The predicted molar refractivity (Wildman–Crippen MR) is 75.5 cm³/mol. The summed E-state index contributed by atoms with van der Waals surface area (Å²) in [7, 11) is 0. The topological polar surface area (TPSA) is 15.3 Å². The summed E-state index contributed by atoms with van der Waals surface area (Å²) >= 11 is 1.87. The Labute approximate surface area is 109 Å². The lowest BCUT2D eigenvalue weighted by Crippen LogP contribution is -2.37. The highest BCUT2D eigenvalue weighted by Gasteiger charge is 2.13. The molecule has 1 atom stereocenters. The van der Waals surface area contributed by atoms with E-state index in [1.807, 2.05) is 11.3 Å². The van der Waals surface area contributed by atoms with Crippen LogP contribution in [0.3, 0.4) is 0 Å². The van der Waals surface area contributed by atoms with E-state index in [-0.39, 0.29) is 0 Å². The minimum absolute atomic E-state index is 0.765. The lowest BCUT2D eigenvalue weighted by Gasteiger charge is -2.27. The van der Waals surface area contributed by atoms with Crippen molar-refractivity contribution in [2.24, 2.45) is 0 Å². The molecule has 1 aliphatic rings. The van der Waals surface area contributed by atoms with Gasteiger partial charge in [-0.3, -0.25) is 4.90 Å². The molecule has 2 heterocycles. The van der Waals surface area contributed by atoms with Crippen LogP contribution in [-0.4, -0.2) is 30.6 Å². The van der Waals surface area contributed by atoms with E-state index >= 15 is 0 Å². The van der Waals surface area contributed by atoms with Gasteiger partial charge in [0, 0.05) is 17.5 Å². The SMILES string of the molecule is CCN(CCC1CCCCN1)Cc1cccs1. The molecular weight excluding hydrogens is 228 g/mol. The lowest BCUT2D eigenvalue weighted by atomic mass is 10.0. The Kier molecular flexibility index (Phi) is 5.49. The first-order valence-electron chi connectivity index (χ1n) is 6.86. The van der Waals surface area contributed by atoms with E-state index < -0.39 is 0 Å². The summed E-state index contributed by atoms with van der Waals surface area (Å²) in [6, 6.07) is 5.16. The van der Waals surface area contributed by atoms with Gasteiger partial charge in [-0.2, -0.15) is 0 Å². The van der Waals surface area contributed by atoms with Crippen molar-refractivity contribution >= 4 is 11.3 Å². The minimum Gasteiger partial charge on any atom is -0.314 e. The van der Waals surface area contributed by atoms with Crippen LogP contribution < -0.4 is 5.32 Å². The van der Waals surface area contributed by atoms with Crippen molar-refractivity contribution in [2.75, 3.05) is 19.6 Å². The van der Waals surface area contributed by atoms with E-state index in [2.05, 4.69) is 34.7 Å². The highest BCUT2D eigenvalue weighted by Crippen LogP contribution is 2.14. The van der Waals surface area contributed by atoms with Gasteiger partial charge in [-0.15, -0.1) is 11.3 Å². The van der Waals surface area contributed by atoms with E-state index in [1.165, 1.54) is 43.6 Å². The molecule has 2 rings (SSSR count). The van der Waals surface area contributed by atoms with Crippen LogP contribution in [0.2, 0.25) is 0 Å². The molecule has 1 aromatic rings. The molecule has 1 aliphatic heterocycles. The third kappa shape index (κ3) is 4.41. The first-order chi connectivity index (χ1) is 8.38. The number of thiophene rings is 1. The zero-order valence-corrected chi connectivity index (χ0v) is 11.6. The number of nitrogens with one attached hydrogen (secondary N) is 1. The highest BCUT2D eigenvalue weighted by molar-refractivity contribution is 7.09. The summed E-state index contributed by atoms with van der Waals surface area (Å²) in [6.07, 6.45) is 5.45. The van der Waals surface area contributed by atoms with E-state index in [4.69, 9.17) is 0 Å². The number of hydrogen-bond acceptors (Lipinski definition) is 3. The van der Waals surface area contributed by atoms with Crippen LogP contribution in [0.5, 0.6) is 0 Å². The van der Waals surface area contributed by atoms with Crippen molar-refractivity contribution < 1.29 is 0 Å². The van der Waals surface area contributed by atoms with Crippen molar-refractivity contribution in [3.8, 4) is 0 Å². The molecule has 1 unspecified atom stereocenters. The van der Waals surface area contributed by atoms with Gasteiger partial charge in [0.15, 0.2) is 0 Å². The Bertz CT molecular complexity index is 291. The summed E-state index contributed by atoms with van der Waals surface area (Å²) in [6.45, 7) is 7.00.